The van der Waals surface area contributed by atoms with E-state index in [2.05, 4.69) is 35.3 Å². The van der Waals surface area contributed by atoms with Crippen LogP contribution < -0.4 is 9.44 Å². The number of halogens is 1. The summed E-state index contributed by atoms with van der Waals surface area (Å²) in [5, 5.41) is 0. The van der Waals surface area contributed by atoms with Crippen molar-refractivity contribution in [2.45, 2.75) is 0 Å². The molecule has 0 unspecified atom stereocenters. The van der Waals surface area contributed by atoms with Gasteiger partial charge in [0.15, 0.2) is 5.82 Å². The Morgan fingerprint density at radius 3 is 2.54 bits per heavy atom. The van der Waals surface area contributed by atoms with Crippen LogP contribution in [0, 0.1) is 0 Å². The maximum absolute atomic E-state index is 11.0. The monoisotopic (exact) mass is 266 g/mol. The van der Waals surface area contributed by atoms with Crippen LogP contribution >= 0.6 is 15.9 Å². The van der Waals surface area contributed by atoms with Gasteiger partial charge in [0.2, 0.25) is 0 Å². The molecule has 0 atom stereocenters. The number of rotatable bonds is 3. The fourth-order valence-corrected chi connectivity index (χ4v) is 1.24. The molecule has 2 N–H and O–H groups in total. The highest BCUT2D eigenvalue weighted by molar-refractivity contribution is 9.10. The predicted octanol–water partition coefficient (Wildman–Crippen LogP) is 0.115. The van der Waals surface area contributed by atoms with Crippen LogP contribution in [-0.4, -0.2) is 25.4 Å². The standard InChI is InChI=1S/C5H7BrN4O2S/c1-7-13(11,12)10-5-3-8-4(6)2-9-5/h2-3,7H,1H3,(H,9,10). The number of hydrogen-bond acceptors (Lipinski definition) is 4. The number of anilines is 1. The van der Waals surface area contributed by atoms with Crippen LogP contribution in [0.15, 0.2) is 17.0 Å². The average molecular weight is 267 g/mol. The molecule has 1 heterocycles. The lowest BCUT2D eigenvalue weighted by molar-refractivity contribution is 0.593. The number of aromatic nitrogens is 2. The van der Waals surface area contributed by atoms with Crippen LogP contribution in [0.25, 0.3) is 0 Å². The first-order valence-electron chi connectivity index (χ1n) is 3.22. The molecule has 72 valence electrons. The van der Waals surface area contributed by atoms with Gasteiger partial charge in [-0.15, -0.1) is 0 Å². The lowest BCUT2D eigenvalue weighted by Crippen LogP contribution is -2.26. The summed E-state index contributed by atoms with van der Waals surface area (Å²) >= 11 is 3.08. The third-order valence-electron chi connectivity index (χ3n) is 1.13. The van der Waals surface area contributed by atoms with Crippen LogP contribution in [0.2, 0.25) is 0 Å². The summed E-state index contributed by atoms with van der Waals surface area (Å²) in [5.74, 6) is 0.164. The first-order chi connectivity index (χ1) is 6.03. The quantitative estimate of drug-likeness (QED) is 0.814. The summed E-state index contributed by atoms with van der Waals surface area (Å²) in [5.41, 5.74) is 0. The van der Waals surface area contributed by atoms with Gasteiger partial charge in [-0.3, -0.25) is 4.72 Å². The van der Waals surface area contributed by atoms with E-state index in [1.807, 2.05) is 0 Å². The zero-order chi connectivity index (χ0) is 9.90. The van der Waals surface area contributed by atoms with E-state index in [1.54, 1.807) is 0 Å². The van der Waals surface area contributed by atoms with E-state index in [9.17, 15) is 8.42 Å². The van der Waals surface area contributed by atoms with Gasteiger partial charge in [0.05, 0.1) is 12.4 Å². The topological polar surface area (TPSA) is 84.0 Å². The van der Waals surface area contributed by atoms with E-state index >= 15 is 0 Å². The van der Waals surface area contributed by atoms with Crippen LogP contribution in [0.3, 0.4) is 0 Å². The van der Waals surface area contributed by atoms with Crippen LogP contribution in [0.5, 0.6) is 0 Å². The van der Waals surface area contributed by atoms with Gasteiger partial charge in [-0.2, -0.15) is 8.42 Å². The SMILES string of the molecule is CNS(=O)(=O)Nc1cnc(Br)cn1. The Balaban J connectivity index is 2.82. The lowest BCUT2D eigenvalue weighted by atomic mass is 10.7. The molecule has 13 heavy (non-hydrogen) atoms. The highest BCUT2D eigenvalue weighted by Gasteiger charge is 2.06. The van der Waals surface area contributed by atoms with E-state index in [4.69, 9.17) is 0 Å². The largest absolute Gasteiger partial charge is 0.300 e. The molecular formula is C5H7BrN4O2S. The summed E-state index contributed by atoms with van der Waals surface area (Å²) < 4.78 is 26.7. The minimum atomic E-state index is -3.50. The molecule has 0 amide bonds. The molecule has 0 aliphatic heterocycles. The van der Waals surface area contributed by atoms with E-state index < -0.39 is 10.2 Å². The Hall–Kier alpha value is -0.730. The van der Waals surface area contributed by atoms with E-state index in [-0.39, 0.29) is 5.82 Å². The Kier molecular flexibility index (Phi) is 3.17. The van der Waals surface area contributed by atoms with E-state index in [1.165, 1.54) is 19.4 Å². The van der Waals surface area contributed by atoms with Crippen molar-refractivity contribution in [2.75, 3.05) is 11.8 Å². The second kappa shape index (κ2) is 3.99. The molecule has 0 aliphatic carbocycles. The van der Waals surface area contributed by atoms with Gasteiger partial charge < -0.3 is 0 Å². The van der Waals surface area contributed by atoms with Crippen molar-refractivity contribution in [3.05, 3.63) is 17.0 Å². The van der Waals surface area contributed by atoms with Crippen LogP contribution in [-0.2, 0) is 10.2 Å². The molecule has 0 saturated heterocycles. The predicted molar refractivity (Wildman–Crippen MR) is 51.3 cm³/mol. The van der Waals surface area contributed by atoms with Crippen molar-refractivity contribution < 1.29 is 8.42 Å². The van der Waals surface area contributed by atoms with Crippen LogP contribution in [0.4, 0.5) is 5.82 Å². The third-order valence-corrected chi connectivity index (χ3v) is 2.55. The van der Waals surface area contributed by atoms with Gasteiger partial charge >= 0.3 is 0 Å². The molecule has 1 aromatic rings. The van der Waals surface area contributed by atoms with Crippen molar-refractivity contribution >= 4 is 32.0 Å². The minimum Gasteiger partial charge on any atom is -0.253 e. The zero-order valence-corrected chi connectivity index (χ0v) is 9.05. The number of hydrogen-bond donors (Lipinski definition) is 2. The fraction of sp³-hybridized carbons (Fsp3) is 0.200. The molecule has 0 fully saturated rings. The van der Waals surface area contributed by atoms with Gasteiger partial charge in [-0.1, -0.05) is 0 Å². The molecule has 6 nitrogen and oxygen atoms in total. The average Bonchev–Trinajstić information content (AvgIpc) is 2.09. The summed E-state index contributed by atoms with van der Waals surface area (Å²) in [6, 6.07) is 0. The number of nitrogens with one attached hydrogen (secondary N) is 2. The van der Waals surface area contributed by atoms with Gasteiger partial charge in [-0.05, 0) is 15.9 Å². The van der Waals surface area contributed by atoms with E-state index in [0.717, 1.165) is 0 Å². The maximum Gasteiger partial charge on any atom is 0.300 e. The second-order valence-electron chi connectivity index (χ2n) is 2.03. The Labute approximate surface area is 84.1 Å². The zero-order valence-electron chi connectivity index (χ0n) is 6.65. The molecule has 0 saturated carbocycles. The van der Waals surface area contributed by atoms with Crippen molar-refractivity contribution in [2.24, 2.45) is 0 Å². The smallest absolute Gasteiger partial charge is 0.253 e. The fourth-order valence-electron chi connectivity index (χ4n) is 0.554. The van der Waals surface area contributed by atoms with Crippen molar-refractivity contribution in [1.29, 1.82) is 0 Å². The summed E-state index contributed by atoms with van der Waals surface area (Å²) in [6.45, 7) is 0. The summed E-state index contributed by atoms with van der Waals surface area (Å²) in [7, 11) is -2.20. The normalized spacial score (nSPS) is 11.2. The van der Waals surface area contributed by atoms with Gasteiger partial charge in [0.1, 0.15) is 4.60 Å². The molecule has 1 rings (SSSR count). The molecule has 0 radical (unpaired) electrons. The second-order valence-corrected chi connectivity index (χ2v) is 4.47. The molecular weight excluding hydrogens is 260 g/mol. The van der Waals surface area contributed by atoms with Gasteiger partial charge in [0, 0.05) is 7.05 Å². The Morgan fingerprint density at radius 1 is 1.38 bits per heavy atom. The first kappa shape index (κ1) is 10.4. The third kappa shape index (κ3) is 3.25. The Morgan fingerprint density at radius 2 is 2.08 bits per heavy atom. The summed E-state index contributed by atoms with van der Waals surface area (Å²) in [4.78, 5) is 7.57. The highest BCUT2D eigenvalue weighted by Crippen LogP contribution is 2.06. The first-order valence-corrected chi connectivity index (χ1v) is 5.50. The number of nitrogens with zero attached hydrogens (tertiary/aromatic N) is 2. The van der Waals surface area contributed by atoms with Gasteiger partial charge in [-0.25, -0.2) is 14.7 Å². The van der Waals surface area contributed by atoms with Crippen molar-refractivity contribution in [1.82, 2.24) is 14.7 Å². The van der Waals surface area contributed by atoms with E-state index in [0.29, 0.717) is 4.60 Å². The molecule has 0 bridgehead atoms. The van der Waals surface area contributed by atoms with Gasteiger partial charge in [0.25, 0.3) is 10.2 Å². The van der Waals surface area contributed by atoms with Crippen molar-refractivity contribution in [3.8, 4) is 0 Å². The maximum atomic E-state index is 11.0. The minimum absolute atomic E-state index is 0.164. The Bertz CT molecular complexity index is 376. The molecule has 8 heteroatoms. The molecule has 1 aromatic heterocycles. The summed E-state index contributed by atoms with van der Waals surface area (Å²) in [6.07, 6.45) is 2.70. The highest BCUT2D eigenvalue weighted by atomic mass is 79.9. The van der Waals surface area contributed by atoms with Crippen molar-refractivity contribution in [3.63, 3.8) is 0 Å². The molecule has 0 spiro atoms. The lowest BCUT2D eigenvalue weighted by Gasteiger charge is -2.03. The molecule has 0 aliphatic rings. The molecule has 0 aromatic carbocycles. The van der Waals surface area contributed by atoms with Crippen LogP contribution in [0.1, 0.15) is 0 Å².